The first-order valence-corrected chi connectivity index (χ1v) is 10.2. The number of amides is 1. The third-order valence-corrected chi connectivity index (χ3v) is 4.80. The van der Waals surface area contributed by atoms with Gasteiger partial charge in [-0.2, -0.15) is 0 Å². The van der Waals surface area contributed by atoms with E-state index in [0.717, 1.165) is 31.7 Å². The summed E-state index contributed by atoms with van der Waals surface area (Å²) in [6, 6.07) is 12.9. The van der Waals surface area contributed by atoms with Gasteiger partial charge < -0.3 is 25.0 Å². The Kier molecular flexibility index (Phi) is 15.1. The van der Waals surface area contributed by atoms with Gasteiger partial charge in [0, 0.05) is 25.3 Å². The predicted molar refractivity (Wildman–Crippen MR) is 133 cm³/mol. The minimum Gasteiger partial charge on any atom is -0.493 e. The summed E-state index contributed by atoms with van der Waals surface area (Å²) >= 11 is 6.39. The molecule has 0 aliphatic heterocycles. The molecule has 9 heteroatoms. The van der Waals surface area contributed by atoms with Crippen LogP contribution in [-0.2, 0) is 11.3 Å². The van der Waals surface area contributed by atoms with Gasteiger partial charge in [-0.1, -0.05) is 43.6 Å². The highest BCUT2D eigenvalue weighted by atomic mass is 35.5. The molecule has 0 spiro atoms. The Morgan fingerprint density at radius 3 is 2.39 bits per heavy atom. The van der Waals surface area contributed by atoms with E-state index in [-0.39, 0.29) is 37.3 Å². The molecule has 1 amide bonds. The minimum atomic E-state index is -0.267. The summed E-state index contributed by atoms with van der Waals surface area (Å²) < 4.78 is 11.1. The van der Waals surface area contributed by atoms with Crippen molar-refractivity contribution in [2.24, 2.45) is 0 Å². The Morgan fingerprint density at radius 1 is 1.10 bits per heavy atom. The molecule has 0 saturated carbocycles. The number of nitrogens with one attached hydrogen (secondary N) is 2. The van der Waals surface area contributed by atoms with Crippen LogP contribution in [0.1, 0.15) is 19.4 Å². The number of para-hydroxylation sites is 1. The number of rotatable bonds is 12. The number of nitrogens with zero attached hydrogens (tertiary/aromatic N) is 1. The summed E-state index contributed by atoms with van der Waals surface area (Å²) in [6.45, 7) is 8.80. The first-order chi connectivity index (χ1) is 14.1. The van der Waals surface area contributed by atoms with Crippen molar-refractivity contribution in [3.05, 3.63) is 53.1 Å². The minimum absolute atomic E-state index is 0. The molecule has 0 aromatic heterocycles. The van der Waals surface area contributed by atoms with E-state index >= 15 is 0 Å². The molecule has 0 aliphatic carbocycles. The molecule has 0 aliphatic rings. The van der Waals surface area contributed by atoms with E-state index < -0.39 is 0 Å². The first kappa shape index (κ1) is 29.3. The smallest absolute Gasteiger partial charge is 0.262 e. The number of likely N-dealkylation sites (N-methyl/N-ethyl adjacent to an activating group) is 1. The first-order valence-electron chi connectivity index (χ1n) is 9.84. The summed E-state index contributed by atoms with van der Waals surface area (Å²) in [5, 5.41) is 6.60. The third kappa shape index (κ3) is 9.97. The molecule has 0 unspecified atom stereocenters. The van der Waals surface area contributed by atoms with Gasteiger partial charge in [0.2, 0.25) is 0 Å². The maximum absolute atomic E-state index is 12.1. The molecular weight excluding hydrogens is 461 g/mol. The van der Waals surface area contributed by atoms with Gasteiger partial charge in [0.05, 0.1) is 12.1 Å². The molecule has 2 rings (SSSR count). The lowest BCUT2D eigenvalue weighted by Gasteiger charge is -2.18. The van der Waals surface area contributed by atoms with Gasteiger partial charge in [0.1, 0.15) is 0 Å². The lowest BCUT2D eigenvalue weighted by Crippen LogP contribution is -2.31. The maximum atomic E-state index is 12.1. The van der Waals surface area contributed by atoms with Crippen LogP contribution in [0.2, 0.25) is 5.02 Å². The second kappa shape index (κ2) is 16.0. The summed E-state index contributed by atoms with van der Waals surface area (Å²) in [5.74, 6) is 0.603. The van der Waals surface area contributed by atoms with Crippen molar-refractivity contribution < 1.29 is 14.3 Å². The number of anilines is 1. The molecular formula is C22H32Cl3N3O3. The van der Waals surface area contributed by atoms with Crippen LogP contribution in [0, 0.1) is 0 Å². The topological polar surface area (TPSA) is 62.8 Å². The zero-order chi connectivity index (χ0) is 21.1. The van der Waals surface area contributed by atoms with Gasteiger partial charge in [-0.3, -0.25) is 4.79 Å². The van der Waals surface area contributed by atoms with Crippen LogP contribution in [0.4, 0.5) is 5.69 Å². The Labute approximate surface area is 202 Å². The Morgan fingerprint density at radius 2 is 1.77 bits per heavy atom. The SMILES string of the molecule is CCN(CC)CCNCc1cc(Cl)c(OCC(=O)Nc2ccccc2)c(OC)c1.Cl.Cl. The zero-order valence-electron chi connectivity index (χ0n) is 18.2. The number of carbonyl (C=O) groups excluding carboxylic acids is 1. The number of ether oxygens (including phenoxy) is 2. The van der Waals surface area contributed by atoms with E-state index in [1.54, 1.807) is 7.11 Å². The lowest BCUT2D eigenvalue weighted by molar-refractivity contribution is -0.118. The highest BCUT2D eigenvalue weighted by Gasteiger charge is 2.14. The molecule has 0 atom stereocenters. The maximum Gasteiger partial charge on any atom is 0.262 e. The van der Waals surface area contributed by atoms with E-state index in [4.69, 9.17) is 21.1 Å². The highest BCUT2D eigenvalue weighted by Crippen LogP contribution is 2.36. The number of hydrogen-bond donors (Lipinski definition) is 2. The normalized spacial score (nSPS) is 10.1. The van der Waals surface area contributed by atoms with E-state index in [2.05, 4.69) is 29.4 Å². The molecule has 0 heterocycles. The highest BCUT2D eigenvalue weighted by molar-refractivity contribution is 6.32. The third-order valence-electron chi connectivity index (χ3n) is 4.52. The largest absolute Gasteiger partial charge is 0.493 e. The molecule has 174 valence electrons. The van der Waals surface area contributed by atoms with Gasteiger partial charge in [-0.15, -0.1) is 24.8 Å². The molecule has 0 radical (unpaired) electrons. The second-order valence-electron chi connectivity index (χ2n) is 6.52. The van der Waals surface area contributed by atoms with Crippen molar-refractivity contribution >= 4 is 48.0 Å². The van der Waals surface area contributed by atoms with Gasteiger partial charge in [0.25, 0.3) is 5.91 Å². The molecule has 0 saturated heterocycles. The van der Waals surface area contributed by atoms with Crippen LogP contribution >= 0.6 is 36.4 Å². The molecule has 6 nitrogen and oxygen atoms in total. The molecule has 2 N–H and O–H groups in total. The number of methoxy groups -OCH3 is 1. The van der Waals surface area contributed by atoms with E-state index in [9.17, 15) is 4.79 Å². The van der Waals surface area contributed by atoms with Crippen molar-refractivity contribution in [1.82, 2.24) is 10.2 Å². The van der Waals surface area contributed by atoms with Crippen molar-refractivity contribution in [2.45, 2.75) is 20.4 Å². The number of hydrogen-bond acceptors (Lipinski definition) is 5. The fraction of sp³-hybridized carbons (Fsp3) is 0.409. The quantitative estimate of drug-likeness (QED) is 0.423. The van der Waals surface area contributed by atoms with Crippen molar-refractivity contribution in [3.8, 4) is 11.5 Å². The molecule has 2 aromatic rings. The van der Waals surface area contributed by atoms with E-state index in [1.165, 1.54) is 0 Å². The van der Waals surface area contributed by atoms with E-state index in [0.29, 0.717) is 28.8 Å². The van der Waals surface area contributed by atoms with E-state index in [1.807, 2.05) is 42.5 Å². The van der Waals surface area contributed by atoms with Crippen molar-refractivity contribution in [1.29, 1.82) is 0 Å². The van der Waals surface area contributed by atoms with Crippen molar-refractivity contribution in [2.75, 3.05) is 45.2 Å². The average Bonchev–Trinajstić information content (AvgIpc) is 2.73. The number of benzene rings is 2. The van der Waals surface area contributed by atoms with Crippen LogP contribution < -0.4 is 20.1 Å². The second-order valence-corrected chi connectivity index (χ2v) is 6.92. The molecule has 0 bridgehead atoms. The predicted octanol–water partition coefficient (Wildman–Crippen LogP) is 4.64. The lowest BCUT2D eigenvalue weighted by atomic mass is 10.2. The summed E-state index contributed by atoms with van der Waals surface area (Å²) in [5.41, 5.74) is 1.71. The van der Waals surface area contributed by atoms with Crippen molar-refractivity contribution in [3.63, 3.8) is 0 Å². The summed E-state index contributed by atoms with van der Waals surface area (Å²) in [6.07, 6.45) is 0. The number of carbonyl (C=O) groups is 1. The van der Waals surface area contributed by atoms with Gasteiger partial charge >= 0.3 is 0 Å². The summed E-state index contributed by atoms with van der Waals surface area (Å²) in [4.78, 5) is 14.5. The zero-order valence-corrected chi connectivity index (χ0v) is 20.5. The average molecular weight is 493 g/mol. The van der Waals surface area contributed by atoms with Crippen LogP contribution in [0.5, 0.6) is 11.5 Å². The Bertz CT molecular complexity index is 775. The Balaban J connectivity index is 0.00000450. The molecule has 0 fully saturated rings. The fourth-order valence-electron chi connectivity index (χ4n) is 2.88. The van der Waals surface area contributed by atoms with Gasteiger partial charge in [-0.25, -0.2) is 0 Å². The molecule has 2 aromatic carbocycles. The van der Waals surface area contributed by atoms with Crippen LogP contribution in [0.3, 0.4) is 0 Å². The van der Waals surface area contributed by atoms with Crippen LogP contribution in [-0.4, -0.2) is 50.7 Å². The van der Waals surface area contributed by atoms with Gasteiger partial charge in [0.15, 0.2) is 18.1 Å². The molecule has 31 heavy (non-hydrogen) atoms. The fourth-order valence-corrected chi connectivity index (χ4v) is 3.17. The Hall–Kier alpha value is -1.70. The van der Waals surface area contributed by atoms with Gasteiger partial charge in [-0.05, 0) is 42.9 Å². The standard InChI is InChI=1S/C22H30ClN3O3.2ClH/c1-4-26(5-2)12-11-24-15-17-13-19(23)22(20(14-17)28-3)29-16-21(27)25-18-9-7-6-8-10-18;;/h6-10,13-14,24H,4-5,11-12,15-16H2,1-3H3,(H,25,27);2*1H. The monoisotopic (exact) mass is 491 g/mol. The number of halogens is 3. The van der Waals surface area contributed by atoms with Crippen LogP contribution in [0.15, 0.2) is 42.5 Å². The van der Waals surface area contributed by atoms with Crippen LogP contribution in [0.25, 0.3) is 0 Å². The summed E-state index contributed by atoms with van der Waals surface area (Å²) in [7, 11) is 1.56.